The van der Waals surface area contributed by atoms with E-state index in [1.54, 1.807) is 6.07 Å². The summed E-state index contributed by atoms with van der Waals surface area (Å²) in [5.41, 5.74) is 1.19. The molecular formula is C12H15ClO2. The van der Waals surface area contributed by atoms with Crippen molar-refractivity contribution in [2.45, 2.75) is 32.6 Å². The number of hydrogen-bond acceptors (Lipinski definition) is 1. The molecule has 0 bridgehead atoms. The van der Waals surface area contributed by atoms with E-state index in [2.05, 4.69) is 6.92 Å². The topological polar surface area (TPSA) is 37.3 Å². The molecule has 0 amide bonds. The molecule has 2 nitrogen and oxygen atoms in total. The monoisotopic (exact) mass is 226 g/mol. The van der Waals surface area contributed by atoms with Gasteiger partial charge < -0.3 is 5.11 Å². The summed E-state index contributed by atoms with van der Waals surface area (Å²) in [6.07, 6.45) is 2.03. The van der Waals surface area contributed by atoms with Gasteiger partial charge in [0.1, 0.15) is 0 Å². The zero-order valence-electron chi connectivity index (χ0n) is 8.96. The second-order valence-electron chi connectivity index (χ2n) is 3.73. The quantitative estimate of drug-likeness (QED) is 0.844. The molecule has 1 aromatic rings. The summed E-state index contributed by atoms with van der Waals surface area (Å²) in [6, 6.07) is 5.08. The molecule has 82 valence electrons. The average molecular weight is 227 g/mol. The Hall–Kier alpha value is -1.02. The van der Waals surface area contributed by atoms with E-state index in [1.807, 2.05) is 13.0 Å². The summed E-state index contributed by atoms with van der Waals surface area (Å²) in [4.78, 5) is 11.0. The first kappa shape index (κ1) is 12.1. The Balaban J connectivity index is 3.10. The molecule has 15 heavy (non-hydrogen) atoms. The van der Waals surface area contributed by atoms with Gasteiger partial charge in [-0.15, -0.1) is 0 Å². The van der Waals surface area contributed by atoms with Gasteiger partial charge in [0.05, 0.1) is 5.56 Å². The molecule has 0 radical (unpaired) electrons. The van der Waals surface area contributed by atoms with Crippen LogP contribution in [0.25, 0.3) is 0 Å². The summed E-state index contributed by atoms with van der Waals surface area (Å²) in [6.45, 7) is 4.13. The van der Waals surface area contributed by atoms with Crippen molar-refractivity contribution in [3.8, 4) is 0 Å². The van der Waals surface area contributed by atoms with Crippen LogP contribution in [0.5, 0.6) is 0 Å². The maximum absolute atomic E-state index is 11.0. The third-order valence-electron chi connectivity index (χ3n) is 2.50. The van der Waals surface area contributed by atoms with Gasteiger partial charge in [0.15, 0.2) is 0 Å². The Morgan fingerprint density at radius 1 is 1.53 bits per heavy atom. The van der Waals surface area contributed by atoms with Crippen molar-refractivity contribution in [3.05, 3.63) is 34.3 Å². The van der Waals surface area contributed by atoms with Crippen LogP contribution in [-0.2, 0) is 0 Å². The largest absolute Gasteiger partial charge is 0.478 e. The average Bonchev–Trinajstić information content (AvgIpc) is 2.17. The van der Waals surface area contributed by atoms with E-state index in [0.29, 0.717) is 10.6 Å². The lowest BCUT2D eigenvalue weighted by Gasteiger charge is -2.13. The van der Waals surface area contributed by atoms with Crippen molar-refractivity contribution in [3.63, 3.8) is 0 Å². The van der Waals surface area contributed by atoms with Crippen LogP contribution in [-0.4, -0.2) is 11.1 Å². The molecule has 0 heterocycles. The number of aromatic carboxylic acids is 1. The Labute approximate surface area is 94.9 Å². The first-order valence-corrected chi connectivity index (χ1v) is 5.46. The lowest BCUT2D eigenvalue weighted by atomic mass is 9.92. The lowest BCUT2D eigenvalue weighted by Crippen LogP contribution is -2.05. The van der Waals surface area contributed by atoms with Crippen LogP contribution in [0.2, 0.25) is 5.02 Å². The van der Waals surface area contributed by atoms with Crippen molar-refractivity contribution in [1.82, 2.24) is 0 Å². The molecule has 3 heteroatoms. The number of hydrogen-bond donors (Lipinski definition) is 1. The Kier molecular flexibility index (Phi) is 4.15. The zero-order valence-corrected chi connectivity index (χ0v) is 9.71. The van der Waals surface area contributed by atoms with Gasteiger partial charge in [0.2, 0.25) is 0 Å². The smallest absolute Gasteiger partial charge is 0.336 e. The van der Waals surface area contributed by atoms with E-state index in [9.17, 15) is 4.79 Å². The molecule has 0 saturated carbocycles. The first-order chi connectivity index (χ1) is 7.06. The van der Waals surface area contributed by atoms with Crippen molar-refractivity contribution in [2.75, 3.05) is 0 Å². The summed E-state index contributed by atoms with van der Waals surface area (Å²) in [5.74, 6) is -0.645. The molecule has 0 aromatic heterocycles. The van der Waals surface area contributed by atoms with E-state index in [4.69, 9.17) is 16.7 Å². The van der Waals surface area contributed by atoms with Gasteiger partial charge >= 0.3 is 5.97 Å². The van der Waals surface area contributed by atoms with Crippen molar-refractivity contribution < 1.29 is 9.90 Å². The second-order valence-corrected chi connectivity index (χ2v) is 4.16. The highest BCUT2D eigenvalue weighted by atomic mass is 35.5. The molecule has 1 aromatic carbocycles. The maximum Gasteiger partial charge on any atom is 0.336 e. The molecule has 0 fully saturated rings. The van der Waals surface area contributed by atoms with Gasteiger partial charge in [-0.3, -0.25) is 0 Å². The predicted octanol–water partition coefficient (Wildman–Crippen LogP) is 3.94. The normalized spacial score (nSPS) is 12.5. The zero-order chi connectivity index (χ0) is 11.4. The van der Waals surface area contributed by atoms with E-state index < -0.39 is 5.97 Å². The second kappa shape index (κ2) is 5.17. The highest BCUT2D eigenvalue weighted by Crippen LogP contribution is 2.26. The molecule has 0 saturated heterocycles. The third-order valence-corrected chi connectivity index (χ3v) is 2.73. The van der Waals surface area contributed by atoms with Crippen LogP contribution in [0.3, 0.4) is 0 Å². The molecule has 1 unspecified atom stereocenters. The van der Waals surface area contributed by atoms with E-state index in [1.165, 1.54) is 6.07 Å². The fourth-order valence-corrected chi connectivity index (χ4v) is 1.90. The maximum atomic E-state index is 11.0. The van der Waals surface area contributed by atoms with Crippen LogP contribution < -0.4 is 0 Å². The SMILES string of the molecule is CCCC(C)c1ccc(Cl)cc1C(=O)O. The minimum Gasteiger partial charge on any atom is -0.478 e. The van der Waals surface area contributed by atoms with Crippen molar-refractivity contribution in [2.24, 2.45) is 0 Å². The van der Waals surface area contributed by atoms with Crippen LogP contribution >= 0.6 is 11.6 Å². The predicted molar refractivity (Wildman–Crippen MR) is 61.7 cm³/mol. The van der Waals surface area contributed by atoms with Crippen molar-refractivity contribution >= 4 is 17.6 Å². The summed E-state index contributed by atoms with van der Waals surface area (Å²) >= 11 is 5.78. The molecule has 0 aliphatic rings. The highest BCUT2D eigenvalue weighted by Gasteiger charge is 2.15. The van der Waals surface area contributed by atoms with Crippen LogP contribution in [0.1, 0.15) is 48.5 Å². The number of benzene rings is 1. The van der Waals surface area contributed by atoms with E-state index >= 15 is 0 Å². The molecule has 1 atom stereocenters. The molecular weight excluding hydrogens is 212 g/mol. The van der Waals surface area contributed by atoms with Gasteiger partial charge in [-0.1, -0.05) is 37.9 Å². The Morgan fingerprint density at radius 3 is 2.73 bits per heavy atom. The van der Waals surface area contributed by atoms with Crippen molar-refractivity contribution in [1.29, 1.82) is 0 Å². The van der Waals surface area contributed by atoms with Gasteiger partial charge in [0.25, 0.3) is 0 Å². The molecule has 1 N–H and O–H groups in total. The van der Waals surface area contributed by atoms with E-state index in [0.717, 1.165) is 18.4 Å². The number of carboxylic acid groups (broad SMARTS) is 1. The summed E-state index contributed by atoms with van der Waals surface area (Å²) in [5, 5.41) is 9.52. The summed E-state index contributed by atoms with van der Waals surface area (Å²) < 4.78 is 0. The standard InChI is InChI=1S/C12H15ClO2/c1-3-4-8(2)10-6-5-9(13)7-11(10)12(14)15/h5-8H,3-4H2,1-2H3,(H,14,15). The lowest BCUT2D eigenvalue weighted by molar-refractivity contribution is 0.0695. The van der Waals surface area contributed by atoms with Crippen LogP contribution in [0, 0.1) is 0 Å². The fourth-order valence-electron chi connectivity index (χ4n) is 1.73. The number of rotatable bonds is 4. The van der Waals surface area contributed by atoms with E-state index in [-0.39, 0.29) is 5.92 Å². The number of halogens is 1. The molecule has 0 aliphatic carbocycles. The first-order valence-electron chi connectivity index (χ1n) is 5.09. The summed E-state index contributed by atoms with van der Waals surface area (Å²) in [7, 11) is 0. The van der Waals surface area contributed by atoms with Gasteiger partial charge in [0, 0.05) is 5.02 Å². The minimum absolute atomic E-state index is 0.262. The van der Waals surface area contributed by atoms with Crippen LogP contribution in [0.4, 0.5) is 0 Å². The van der Waals surface area contributed by atoms with Gasteiger partial charge in [-0.2, -0.15) is 0 Å². The molecule has 0 spiro atoms. The Bertz CT molecular complexity index is 361. The Morgan fingerprint density at radius 2 is 2.20 bits per heavy atom. The minimum atomic E-state index is -0.907. The van der Waals surface area contributed by atoms with Gasteiger partial charge in [-0.05, 0) is 30.0 Å². The molecule has 1 rings (SSSR count). The van der Waals surface area contributed by atoms with Crippen LogP contribution in [0.15, 0.2) is 18.2 Å². The molecule has 0 aliphatic heterocycles. The highest BCUT2D eigenvalue weighted by molar-refractivity contribution is 6.30. The fraction of sp³-hybridized carbons (Fsp3) is 0.417. The third kappa shape index (κ3) is 2.96. The number of carbonyl (C=O) groups is 1. The number of carboxylic acids is 1. The van der Waals surface area contributed by atoms with Gasteiger partial charge in [-0.25, -0.2) is 4.79 Å².